The zero-order chi connectivity index (χ0) is 19.8. The van der Waals surface area contributed by atoms with Crippen LogP contribution in [0.3, 0.4) is 0 Å². The number of nitrogens with one attached hydrogen (secondary N) is 1. The fourth-order valence-corrected chi connectivity index (χ4v) is 5.08. The van der Waals surface area contributed by atoms with E-state index in [4.69, 9.17) is 5.10 Å². The number of hydrogen-bond donors (Lipinski definition) is 1. The van der Waals surface area contributed by atoms with E-state index in [1.807, 2.05) is 56.5 Å². The van der Waals surface area contributed by atoms with Gasteiger partial charge in [-0.3, -0.25) is 14.6 Å². The SMILES string of the molecule is CCSc1n[n+]2c(c(=O)[nH]1)-c1ccccc1N(C(=O)CC)C2c1sccc1C. The summed E-state index contributed by atoms with van der Waals surface area (Å²) in [5.74, 6) is 0.786. The summed E-state index contributed by atoms with van der Waals surface area (Å²) < 4.78 is 1.73. The third-order valence-corrected chi connectivity index (χ3v) is 6.55. The highest BCUT2D eigenvalue weighted by Crippen LogP contribution is 2.39. The maximum atomic E-state index is 13.1. The van der Waals surface area contributed by atoms with E-state index in [2.05, 4.69) is 4.98 Å². The lowest BCUT2D eigenvalue weighted by molar-refractivity contribution is -0.762. The lowest BCUT2D eigenvalue weighted by atomic mass is 10.0. The van der Waals surface area contributed by atoms with Gasteiger partial charge in [-0.1, -0.05) is 37.7 Å². The predicted molar refractivity (Wildman–Crippen MR) is 112 cm³/mol. The molecule has 3 aromatic rings. The Morgan fingerprint density at radius 2 is 2.11 bits per heavy atom. The summed E-state index contributed by atoms with van der Waals surface area (Å²) in [5.41, 5.74) is 2.83. The van der Waals surface area contributed by atoms with Crippen molar-refractivity contribution in [2.24, 2.45) is 0 Å². The van der Waals surface area contributed by atoms with E-state index in [1.54, 1.807) is 20.9 Å². The lowest BCUT2D eigenvalue weighted by Crippen LogP contribution is -2.60. The molecule has 0 radical (unpaired) electrons. The zero-order valence-electron chi connectivity index (χ0n) is 15.9. The van der Waals surface area contributed by atoms with Crippen LogP contribution < -0.4 is 15.1 Å². The Balaban J connectivity index is 2.08. The van der Waals surface area contributed by atoms with Gasteiger partial charge in [0.2, 0.25) is 11.1 Å². The topological polar surface area (TPSA) is 69.9 Å². The third kappa shape index (κ3) is 2.97. The van der Waals surface area contributed by atoms with Gasteiger partial charge in [0.1, 0.15) is 4.88 Å². The van der Waals surface area contributed by atoms with Gasteiger partial charge in [-0.25, -0.2) is 4.90 Å². The molecule has 28 heavy (non-hydrogen) atoms. The van der Waals surface area contributed by atoms with Crippen molar-refractivity contribution >= 4 is 34.7 Å². The Hall–Kier alpha value is -2.45. The van der Waals surface area contributed by atoms with Gasteiger partial charge in [0.25, 0.3) is 0 Å². The average molecular weight is 414 g/mol. The van der Waals surface area contributed by atoms with Crippen LogP contribution in [-0.4, -0.2) is 21.7 Å². The molecule has 1 aliphatic heterocycles. The summed E-state index contributed by atoms with van der Waals surface area (Å²) in [4.78, 5) is 31.8. The lowest BCUT2D eigenvalue weighted by Gasteiger charge is -2.31. The van der Waals surface area contributed by atoms with E-state index >= 15 is 0 Å². The van der Waals surface area contributed by atoms with Crippen LogP contribution in [0.25, 0.3) is 11.3 Å². The molecular formula is C20H21N4O2S2+. The molecule has 8 heteroatoms. The first-order valence-corrected chi connectivity index (χ1v) is 11.1. The molecule has 0 saturated carbocycles. The van der Waals surface area contributed by atoms with Crippen molar-refractivity contribution in [2.45, 2.75) is 38.5 Å². The standard InChI is InChI=1S/C20H20N4O2S2/c1-4-15(25)23-14-9-7-6-8-13(14)16-18(26)21-20(27-5-2)22-24(16)19(23)17-12(3)10-11-28-17/h6-11,19H,4-5H2,1-3H3/p+1. The minimum absolute atomic E-state index is 0.00447. The Morgan fingerprint density at radius 1 is 1.32 bits per heavy atom. The van der Waals surface area contributed by atoms with E-state index in [1.165, 1.54) is 11.8 Å². The number of carbonyl (C=O) groups is 1. The predicted octanol–water partition coefficient (Wildman–Crippen LogP) is 3.51. The second-order valence-corrected chi connectivity index (χ2v) is 8.66. The number of amides is 1. The van der Waals surface area contributed by atoms with Gasteiger partial charge in [0.15, 0.2) is 0 Å². The highest BCUT2D eigenvalue weighted by atomic mass is 32.2. The van der Waals surface area contributed by atoms with Crippen molar-refractivity contribution in [2.75, 3.05) is 10.7 Å². The molecule has 4 rings (SSSR count). The van der Waals surface area contributed by atoms with E-state index in [0.29, 0.717) is 17.3 Å². The number of aromatic amines is 1. The number of carbonyl (C=O) groups excluding carboxylic acids is 1. The molecule has 0 aliphatic carbocycles. The van der Waals surface area contributed by atoms with Crippen molar-refractivity contribution in [1.82, 2.24) is 10.1 Å². The maximum absolute atomic E-state index is 13.1. The molecule has 1 aliphatic rings. The fourth-order valence-electron chi connectivity index (χ4n) is 3.50. The second-order valence-electron chi connectivity index (χ2n) is 6.46. The first-order valence-electron chi connectivity index (χ1n) is 9.21. The number of hydrogen-bond acceptors (Lipinski definition) is 5. The number of anilines is 1. The molecular weight excluding hydrogens is 392 g/mol. The van der Waals surface area contributed by atoms with Crippen molar-refractivity contribution in [1.29, 1.82) is 0 Å². The molecule has 1 atom stereocenters. The number of benzene rings is 1. The molecule has 1 unspecified atom stereocenters. The molecule has 0 bridgehead atoms. The van der Waals surface area contributed by atoms with Crippen LogP contribution in [0.4, 0.5) is 5.69 Å². The number of para-hydroxylation sites is 1. The number of H-pyrrole nitrogens is 1. The smallest absolute Gasteiger partial charge is 0.291 e. The van der Waals surface area contributed by atoms with Crippen LogP contribution in [0.2, 0.25) is 0 Å². The number of aryl methyl sites for hydroxylation is 1. The summed E-state index contributed by atoms with van der Waals surface area (Å²) in [7, 11) is 0. The normalized spacial score (nSPS) is 15.2. The molecule has 0 spiro atoms. The first-order chi connectivity index (χ1) is 13.6. The summed E-state index contributed by atoms with van der Waals surface area (Å²) in [5, 5.41) is 7.31. The minimum atomic E-state index is -0.476. The molecule has 1 amide bonds. The van der Waals surface area contributed by atoms with E-state index in [9.17, 15) is 9.59 Å². The summed E-state index contributed by atoms with van der Waals surface area (Å²) in [6.45, 7) is 5.89. The average Bonchev–Trinajstić information content (AvgIpc) is 3.11. The van der Waals surface area contributed by atoms with Crippen molar-refractivity contribution < 1.29 is 9.48 Å². The number of rotatable bonds is 4. The van der Waals surface area contributed by atoms with Crippen LogP contribution in [0.1, 0.15) is 36.9 Å². The molecule has 6 nitrogen and oxygen atoms in total. The Labute approximate surface area is 171 Å². The van der Waals surface area contributed by atoms with Gasteiger partial charge < -0.3 is 0 Å². The van der Waals surface area contributed by atoms with Gasteiger partial charge in [0, 0.05) is 11.5 Å². The monoisotopic (exact) mass is 413 g/mol. The molecule has 2 aromatic heterocycles. The maximum Gasteiger partial charge on any atom is 0.325 e. The van der Waals surface area contributed by atoms with Crippen LogP contribution in [0.5, 0.6) is 0 Å². The zero-order valence-corrected chi connectivity index (χ0v) is 17.6. The number of nitrogens with zero attached hydrogens (tertiary/aromatic N) is 3. The molecule has 0 fully saturated rings. The minimum Gasteiger partial charge on any atom is -0.291 e. The van der Waals surface area contributed by atoms with Crippen LogP contribution in [0, 0.1) is 6.92 Å². The number of thiophene rings is 1. The Bertz CT molecular complexity index is 1110. The summed E-state index contributed by atoms with van der Waals surface area (Å²) in [6.07, 6.45) is -0.110. The second kappa shape index (κ2) is 7.52. The molecule has 0 saturated heterocycles. The first kappa shape index (κ1) is 18.9. The van der Waals surface area contributed by atoms with Gasteiger partial charge in [-0.2, -0.15) is 0 Å². The van der Waals surface area contributed by atoms with Crippen LogP contribution in [0.15, 0.2) is 45.7 Å². The van der Waals surface area contributed by atoms with Crippen LogP contribution in [-0.2, 0) is 4.79 Å². The molecule has 1 aromatic carbocycles. The highest BCUT2D eigenvalue weighted by Gasteiger charge is 2.46. The summed E-state index contributed by atoms with van der Waals surface area (Å²) >= 11 is 3.05. The van der Waals surface area contributed by atoms with Crippen LogP contribution >= 0.6 is 23.1 Å². The number of aromatic nitrogens is 3. The van der Waals surface area contributed by atoms with E-state index in [-0.39, 0.29) is 11.5 Å². The van der Waals surface area contributed by atoms with Crippen molar-refractivity contribution in [3.8, 4) is 11.3 Å². The molecule has 144 valence electrons. The van der Waals surface area contributed by atoms with E-state index in [0.717, 1.165) is 27.4 Å². The van der Waals surface area contributed by atoms with E-state index < -0.39 is 6.17 Å². The van der Waals surface area contributed by atoms with Gasteiger partial charge in [-0.15, -0.1) is 11.3 Å². The largest absolute Gasteiger partial charge is 0.325 e. The third-order valence-electron chi connectivity index (χ3n) is 4.75. The number of thioether (sulfide) groups is 1. The van der Waals surface area contributed by atoms with Crippen molar-refractivity contribution in [3.05, 3.63) is 56.5 Å². The van der Waals surface area contributed by atoms with Gasteiger partial charge >= 0.3 is 17.4 Å². The van der Waals surface area contributed by atoms with Gasteiger partial charge in [0.05, 0.1) is 11.3 Å². The van der Waals surface area contributed by atoms with Gasteiger partial charge in [-0.05, 0) is 46.5 Å². The Kier molecular flexibility index (Phi) is 5.07. The highest BCUT2D eigenvalue weighted by molar-refractivity contribution is 7.99. The Morgan fingerprint density at radius 3 is 2.79 bits per heavy atom. The molecule has 1 N–H and O–H groups in total. The van der Waals surface area contributed by atoms with Crippen molar-refractivity contribution in [3.63, 3.8) is 0 Å². The molecule has 3 heterocycles. The number of fused-ring (bicyclic) bond motifs is 3. The quantitative estimate of drug-likeness (QED) is 0.525. The fraction of sp³-hybridized carbons (Fsp3) is 0.300. The summed E-state index contributed by atoms with van der Waals surface area (Å²) in [6, 6.07) is 9.58.